The molecule has 0 fully saturated rings. The van der Waals surface area contributed by atoms with Gasteiger partial charge in [0.2, 0.25) is 0 Å². The number of nitrogens with zero attached hydrogens (tertiary/aromatic N) is 2. The Balaban J connectivity index is 3.71. The summed E-state index contributed by atoms with van der Waals surface area (Å²) >= 11 is 0. The quantitative estimate of drug-likeness (QED) is 0.566. The molecule has 0 saturated carbocycles. The van der Waals surface area contributed by atoms with Crippen LogP contribution in [0.4, 0.5) is 4.79 Å². The van der Waals surface area contributed by atoms with Gasteiger partial charge in [-0.2, -0.15) is 5.26 Å². The maximum absolute atomic E-state index is 10.8. The summed E-state index contributed by atoms with van der Waals surface area (Å²) in [5.74, 6) is 0. The second-order valence-electron chi connectivity index (χ2n) is 2.19. The zero-order chi connectivity index (χ0) is 8.15. The minimum absolute atomic E-state index is 0.242. The summed E-state index contributed by atoms with van der Waals surface area (Å²) in [6, 6.07) is 1.23. The van der Waals surface area contributed by atoms with E-state index in [-0.39, 0.29) is 6.03 Å². The third kappa shape index (κ3) is 2.92. The van der Waals surface area contributed by atoms with Gasteiger partial charge in [0.05, 0.1) is 6.07 Å². The van der Waals surface area contributed by atoms with Crippen LogP contribution in [0.3, 0.4) is 0 Å². The van der Waals surface area contributed by atoms with Crippen molar-refractivity contribution in [2.45, 2.75) is 13.0 Å². The third-order valence-electron chi connectivity index (χ3n) is 0.940. The fourth-order valence-corrected chi connectivity index (χ4v) is 0.347. The van der Waals surface area contributed by atoms with Gasteiger partial charge in [0, 0.05) is 14.1 Å². The van der Waals surface area contributed by atoms with Gasteiger partial charge in [0.25, 0.3) is 0 Å². The highest BCUT2D eigenvalue weighted by molar-refractivity contribution is 5.74. The number of urea groups is 1. The van der Waals surface area contributed by atoms with E-state index < -0.39 is 6.04 Å². The Bertz CT molecular complexity index is 159. The van der Waals surface area contributed by atoms with E-state index in [1.807, 2.05) is 6.07 Å². The summed E-state index contributed by atoms with van der Waals surface area (Å²) in [6.45, 7) is 1.63. The Morgan fingerprint density at radius 2 is 2.20 bits per heavy atom. The van der Waals surface area contributed by atoms with Gasteiger partial charge in [-0.05, 0) is 6.92 Å². The highest BCUT2D eigenvalue weighted by Gasteiger charge is 2.05. The molecular weight excluding hydrogens is 130 g/mol. The van der Waals surface area contributed by atoms with E-state index in [1.54, 1.807) is 21.0 Å². The molecular formula is C6H11N3O. The van der Waals surface area contributed by atoms with Gasteiger partial charge in [-0.25, -0.2) is 4.79 Å². The van der Waals surface area contributed by atoms with Gasteiger partial charge in [-0.15, -0.1) is 0 Å². The monoisotopic (exact) mass is 141 g/mol. The van der Waals surface area contributed by atoms with Crippen molar-refractivity contribution in [1.29, 1.82) is 5.26 Å². The molecule has 56 valence electrons. The molecule has 0 aromatic carbocycles. The van der Waals surface area contributed by atoms with Crippen molar-refractivity contribution in [3.8, 4) is 6.07 Å². The van der Waals surface area contributed by atoms with E-state index in [4.69, 9.17) is 5.26 Å². The van der Waals surface area contributed by atoms with Gasteiger partial charge in [-0.3, -0.25) is 0 Å². The summed E-state index contributed by atoms with van der Waals surface area (Å²) in [6.07, 6.45) is 0. The molecule has 0 spiro atoms. The average molecular weight is 141 g/mol. The molecule has 2 amide bonds. The summed E-state index contributed by atoms with van der Waals surface area (Å²) in [4.78, 5) is 12.2. The second kappa shape index (κ2) is 3.72. The fraction of sp³-hybridized carbons (Fsp3) is 0.667. The SMILES string of the molecule is C[C@H](C#N)NC(=O)N(C)C. The van der Waals surface area contributed by atoms with E-state index in [0.717, 1.165) is 0 Å². The van der Waals surface area contributed by atoms with E-state index in [1.165, 1.54) is 4.90 Å². The van der Waals surface area contributed by atoms with Crippen LogP contribution in [0.5, 0.6) is 0 Å². The van der Waals surface area contributed by atoms with Crippen molar-refractivity contribution in [2.24, 2.45) is 0 Å². The van der Waals surface area contributed by atoms with Crippen LogP contribution < -0.4 is 5.32 Å². The van der Waals surface area contributed by atoms with Crippen LogP contribution in [0.25, 0.3) is 0 Å². The molecule has 0 aliphatic rings. The molecule has 10 heavy (non-hydrogen) atoms. The molecule has 0 radical (unpaired) electrons. The molecule has 0 bridgehead atoms. The molecule has 0 saturated heterocycles. The number of hydrogen-bond acceptors (Lipinski definition) is 2. The first kappa shape index (κ1) is 8.76. The Kier molecular flexibility index (Phi) is 3.26. The standard InChI is InChI=1S/C6H11N3O/c1-5(4-7)8-6(10)9(2)3/h5H,1-3H3,(H,8,10)/t5-/m1/s1. The van der Waals surface area contributed by atoms with Crippen LogP contribution in [0.2, 0.25) is 0 Å². The largest absolute Gasteiger partial charge is 0.331 e. The van der Waals surface area contributed by atoms with Gasteiger partial charge >= 0.3 is 6.03 Å². The van der Waals surface area contributed by atoms with Gasteiger partial charge in [0.1, 0.15) is 6.04 Å². The first-order valence-corrected chi connectivity index (χ1v) is 2.95. The fourth-order valence-electron chi connectivity index (χ4n) is 0.347. The summed E-state index contributed by atoms with van der Waals surface area (Å²) in [7, 11) is 3.25. The van der Waals surface area contributed by atoms with Crippen molar-refractivity contribution in [3.63, 3.8) is 0 Å². The second-order valence-corrected chi connectivity index (χ2v) is 2.19. The molecule has 0 aromatic rings. The first-order chi connectivity index (χ1) is 4.57. The Morgan fingerprint density at radius 1 is 1.70 bits per heavy atom. The smallest absolute Gasteiger partial charge is 0.317 e. The topological polar surface area (TPSA) is 56.1 Å². The zero-order valence-corrected chi connectivity index (χ0v) is 6.38. The molecule has 0 aromatic heterocycles. The van der Waals surface area contributed by atoms with Crippen LogP contribution in [0.1, 0.15) is 6.92 Å². The number of rotatable bonds is 1. The van der Waals surface area contributed by atoms with Gasteiger partial charge in [0.15, 0.2) is 0 Å². The van der Waals surface area contributed by atoms with E-state index in [2.05, 4.69) is 5.32 Å². The molecule has 1 N–H and O–H groups in total. The Labute approximate surface area is 60.4 Å². The third-order valence-corrected chi connectivity index (χ3v) is 0.940. The molecule has 0 aliphatic carbocycles. The van der Waals surface area contributed by atoms with E-state index in [0.29, 0.717) is 0 Å². The number of hydrogen-bond donors (Lipinski definition) is 1. The highest BCUT2D eigenvalue weighted by atomic mass is 16.2. The molecule has 0 aliphatic heterocycles. The van der Waals surface area contributed by atoms with Crippen LogP contribution in [-0.2, 0) is 0 Å². The summed E-state index contributed by atoms with van der Waals surface area (Å²) in [5.41, 5.74) is 0. The van der Waals surface area contributed by atoms with Crippen LogP contribution >= 0.6 is 0 Å². The average Bonchev–Trinajstić information content (AvgIpc) is 1.87. The van der Waals surface area contributed by atoms with Crippen molar-refractivity contribution in [1.82, 2.24) is 10.2 Å². The number of carbonyl (C=O) groups excluding carboxylic acids is 1. The van der Waals surface area contributed by atoms with Crippen molar-refractivity contribution in [2.75, 3.05) is 14.1 Å². The summed E-state index contributed by atoms with van der Waals surface area (Å²) in [5, 5.41) is 10.7. The first-order valence-electron chi connectivity index (χ1n) is 2.95. The molecule has 4 heteroatoms. The molecule has 0 unspecified atom stereocenters. The predicted octanol–water partition coefficient (Wildman–Crippen LogP) is 0.170. The maximum Gasteiger partial charge on any atom is 0.317 e. The molecule has 4 nitrogen and oxygen atoms in total. The lowest BCUT2D eigenvalue weighted by Gasteiger charge is -2.12. The minimum Gasteiger partial charge on any atom is -0.331 e. The summed E-state index contributed by atoms with van der Waals surface area (Å²) < 4.78 is 0. The molecule has 0 heterocycles. The lowest BCUT2D eigenvalue weighted by Crippen LogP contribution is -2.39. The van der Waals surface area contributed by atoms with Crippen LogP contribution in [0.15, 0.2) is 0 Å². The molecule has 1 atom stereocenters. The van der Waals surface area contributed by atoms with Crippen LogP contribution in [-0.4, -0.2) is 31.1 Å². The Morgan fingerprint density at radius 3 is 2.50 bits per heavy atom. The number of amides is 2. The normalized spacial score (nSPS) is 11.4. The number of carbonyl (C=O) groups is 1. The van der Waals surface area contributed by atoms with E-state index in [9.17, 15) is 4.79 Å². The highest BCUT2D eigenvalue weighted by Crippen LogP contribution is 1.81. The number of nitriles is 1. The lowest BCUT2D eigenvalue weighted by molar-refractivity contribution is 0.216. The van der Waals surface area contributed by atoms with Crippen molar-refractivity contribution < 1.29 is 4.79 Å². The lowest BCUT2D eigenvalue weighted by atomic mass is 10.4. The zero-order valence-electron chi connectivity index (χ0n) is 6.38. The maximum atomic E-state index is 10.8. The van der Waals surface area contributed by atoms with Crippen LogP contribution in [0, 0.1) is 11.3 Å². The van der Waals surface area contributed by atoms with Gasteiger partial charge in [-0.1, -0.05) is 0 Å². The van der Waals surface area contributed by atoms with Gasteiger partial charge < -0.3 is 10.2 Å². The van der Waals surface area contributed by atoms with Crippen molar-refractivity contribution in [3.05, 3.63) is 0 Å². The molecule has 0 rings (SSSR count). The Hall–Kier alpha value is -1.24. The minimum atomic E-state index is -0.421. The predicted molar refractivity (Wildman–Crippen MR) is 37.3 cm³/mol. The van der Waals surface area contributed by atoms with Crippen molar-refractivity contribution >= 4 is 6.03 Å². The number of nitrogens with one attached hydrogen (secondary N) is 1. The van der Waals surface area contributed by atoms with E-state index >= 15 is 0 Å².